The van der Waals surface area contributed by atoms with Crippen LogP contribution in [0, 0.1) is 0 Å². The van der Waals surface area contributed by atoms with E-state index in [-0.39, 0.29) is 43.7 Å². The van der Waals surface area contributed by atoms with E-state index >= 15 is 0 Å². The lowest BCUT2D eigenvalue weighted by Gasteiger charge is -2.13. The Hall–Kier alpha value is -2.38. The van der Waals surface area contributed by atoms with E-state index in [0.29, 0.717) is 72.4 Å². The Morgan fingerprint density at radius 3 is 1.67 bits per heavy atom. The lowest BCUT2D eigenvalue weighted by atomic mass is 10.3. The summed E-state index contributed by atoms with van der Waals surface area (Å²) in [5, 5.41) is 11.1. The third kappa shape index (κ3) is 16.0. The van der Waals surface area contributed by atoms with Crippen LogP contribution in [0.4, 0.5) is 0 Å². The minimum Gasteiger partial charge on any atom is -0.481 e. The second kappa shape index (κ2) is 19.1. The summed E-state index contributed by atoms with van der Waals surface area (Å²) in [6.07, 6.45) is 2.94. The van der Waals surface area contributed by atoms with Gasteiger partial charge in [-0.3, -0.25) is 24.1 Å². The van der Waals surface area contributed by atoms with E-state index in [4.69, 9.17) is 28.8 Å². The van der Waals surface area contributed by atoms with Crippen molar-refractivity contribution in [2.24, 2.45) is 0 Å². The molecule has 3 amide bonds. The number of carbonyl (C=O) groups is 4. The number of nitrogens with zero attached hydrogens (tertiary/aromatic N) is 1. The lowest BCUT2D eigenvalue weighted by Crippen LogP contribution is -2.33. The smallest absolute Gasteiger partial charge is 0.303 e. The Morgan fingerprint density at radius 1 is 0.727 bits per heavy atom. The van der Waals surface area contributed by atoms with Gasteiger partial charge in [0, 0.05) is 31.7 Å². The highest BCUT2D eigenvalue weighted by molar-refractivity contribution is 6.12. The lowest BCUT2D eigenvalue weighted by molar-refractivity contribution is -0.139. The molecule has 0 aromatic rings. The normalized spacial score (nSPS) is 13.2. The maximum Gasteiger partial charge on any atom is 0.303 e. The molecule has 12 nitrogen and oxygen atoms in total. The number of amides is 3. The van der Waals surface area contributed by atoms with Gasteiger partial charge in [0.2, 0.25) is 5.91 Å². The van der Waals surface area contributed by atoms with Gasteiger partial charge in [-0.15, -0.1) is 0 Å². The molecule has 0 saturated carbocycles. The predicted octanol–water partition coefficient (Wildman–Crippen LogP) is -0.634. The van der Waals surface area contributed by atoms with Crippen LogP contribution in [0.5, 0.6) is 0 Å². The maximum absolute atomic E-state index is 11.3. The van der Waals surface area contributed by atoms with Gasteiger partial charge in [0.1, 0.15) is 0 Å². The largest absolute Gasteiger partial charge is 0.481 e. The van der Waals surface area contributed by atoms with Gasteiger partial charge in [-0.25, -0.2) is 0 Å². The summed E-state index contributed by atoms with van der Waals surface area (Å²) in [7, 11) is 0. The van der Waals surface area contributed by atoms with Gasteiger partial charge in [-0.2, -0.15) is 0 Å². The first-order valence-corrected chi connectivity index (χ1v) is 10.9. The highest BCUT2D eigenvalue weighted by Crippen LogP contribution is 2.02. The number of carboxylic acid groups (broad SMARTS) is 1. The first-order chi connectivity index (χ1) is 16.0. The van der Waals surface area contributed by atoms with Gasteiger partial charge in [-0.05, 0) is 6.42 Å². The van der Waals surface area contributed by atoms with E-state index in [2.05, 4.69) is 5.32 Å². The zero-order valence-electron chi connectivity index (χ0n) is 18.8. The van der Waals surface area contributed by atoms with Gasteiger partial charge in [0.05, 0.1) is 72.4 Å². The second-order valence-electron chi connectivity index (χ2n) is 6.82. The molecule has 188 valence electrons. The quantitative estimate of drug-likeness (QED) is 0.153. The van der Waals surface area contributed by atoms with Crippen LogP contribution in [0.1, 0.15) is 19.3 Å². The highest BCUT2D eigenvalue weighted by Gasteiger charge is 2.22. The number of hydrogen-bond acceptors (Lipinski definition) is 9. The van der Waals surface area contributed by atoms with Gasteiger partial charge in [0.15, 0.2) is 0 Å². The average Bonchev–Trinajstić information content (AvgIpc) is 3.11. The molecule has 12 heteroatoms. The summed E-state index contributed by atoms with van der Waals surface area (Å²) in [5.41, 5.74) is 0. The van der Waals surface area contributed by atoms with Crippen molar-refractivity contribution in [3.8, 4) is 0 Å². The molecule has 0 atom stereocenters. The van der Waals surface area contributed by atoms with Gasteiger partial charge in [-0.1, -0.05) is 0 Å². The molecule has 0 aliphatic carbocycles. The predicted molar refractivity (Wildman–Crippen MR) is 114 cm³/mol. The summed E-state index contributed by atoms with van der Waals surface area (Å²) in [6, 6.07) is 0. The standard InChI is InChI=1S/C21H34N2O10/c24-18(2-5-21(27)28)22-6-1-8-29-10-12-31-14-16-33-17-15-32-13-11-30-9-7-23-19(25)3-4-20(23)26/h3-4H,1-2,5-17H2,(H,22,24)(H,27,28). The number of aliphatic carboxylic acids is 1. The summed E-state index contributed by atoms with van der Waals surface area (Å²) in [4.78, 5) is 45.4. The molecule has 0 saturated heterocycles. The average molecular weight is 475 g/mol. The van der Waals surface area contributed by atoms with Crippen molar-refractivity contribution in [3.05, 3.63) is 12.2 Å². The van der Waals surface area contributed by atoms with Crippen LogP contribution in [0.3, 0.4) is 0 Å². The molecule has 0 fully saturated rings. The van der Waals surface area contributed by atoms with Crippen LogP contribution < -0.4 is 5.32 Å². The molecule has 1 heterocycles. The fourth-order valence-electron chi connectivity index (χ4n) is 2.50. The number of ether oxygens (including phenoxy) is 5. The summed E-state index contributed by atoms with van der Waals surface area (Å²) in [6.45, 7) is 4.78. The van der Waals surface area contributed by atoms with Crippen molar-refractivity contribution >= 4 is 23.7 Å². The molecule has 1 aliphatic rings. The molecule has 2 N–H and O–H groups in total. The minimum absolute atomic E-state index is 0.0159. The Morgan fingerprint density at radius 2 is 1.18 bits per heavy atom. The molecule has 0 bridgehead atoms. The molecule has 33 heavy (non-hydrogen) atoms. The fraction of sp³-hybridized carbons (Fsp3) is 0.714. The minimum atomic E-state index is -0.989. The van der Waals surface area contributed by atoms with E-state index in [1.54, 1.807) is 0 Å². The van der Waals surface area contributed by atoms with Crippen molar-refractivity contribution < 1.29 is 48.0 Å². The third-order valence-electron chi connectivity index (χ3n) is 4.20. The highest BCUT2D eigenvalue weighted by atomic mass is 16.6. The van der Waals surface area contributed by atoms with Crippen LogP contribution in [0.2, 0.25) is 0 Å². The Bertz CT molecular complexity index is 608. The Kier molecular flexibility index (Phi) is 16.6. The molecule has 0 radical (unpaired) electrons. The van der Waals surface area contributed by atoms with E-state index < -0.39 is 5.97 Å². The molecule has 0 spiro atoms. The van der Waals surface area contributed by atoms with E-state index in [1.807, 2.05) is 0 Å². The first kappa shape index (κ1) is 28.7. The molecule has 0 aromatic heterocycles. The van der Waals surface area contributed by atoms with Gasteiger partial charge in [0.25, 0.3) is 11.8 Å². The van der Waals surface area contributed by atoms with Crippen molar-refractivity contribution in [3.63, 3.8) is 0 Å². The third-order valence-corrected chi connectivity index (χ3v) is 4.20. The number of imide groups is 1. The van der Waals surface area contributed by atoms with Crippen molar-refractivity contribution in [2.45, 2.75) is 19.3 Å². The topological polar surface area (TPSA) is 150 Å². The zero-order chi connectivity index (χ0) is 24.2. The van der Waals surface area contributed by atoms with E-state index in [0.717, 1.165) is 4.90 Å². The van der Waals surface area contributed by atoms with Crippen molar-refractivity contribution in [1.82, 2.24) is 10.2 Å². The number of carbonyl (C=O) groups excluding carboxylic acids is 3. The molecular weight excluding hydrogens is 440 g/mol. The molecular formula is C21H34N2O10. The number of carboxylic acids is 1. The van der Waals surface area contributed by atoms with Crippen molar-refractivity contribution in [1.29, 1.82) is 0 Å². The van der Waals surface area contributed by atoms with Crippen LogP contribution in [0.25, 0.3) is 0 Å². The van der Waals surface area contributed by atoms with Crippen molar-refractivity contribution in [2.75, 3.05) is 79.2 Å². The number of hydrogen-bond donors (Lipinski definition) is 2. The summed E-state index contributed by atoms with van der Waals surface area (Å²) < 4.78 is 26.8. The molecule has 1 aliphatic heterocycles. The molecule has 0 aromatic carbocycles. The number of nitrogens with one attached hydrogen (secondary N) is 1. The summed E-state index contributed by atoms with van der Waals surface area (Å²) in [5.74, 6) is -1.90. The van der Waals surface area contributed by atoms with E-state index in [1.165, 1.54) is 12.2 Å². The monoisotopic (exact) mass is 474 g/mol. The Balaban J connectivity index is 1.71. The first-order valence-electron chi connectivity index (χ1n) is 10.9. The van der Waals surface area contributed by atoms with Gasteiger partial charge >= 0.3 is 5.97 Å². The zero-order valence-corrected chi connectivity index (χ0v) is 18.8. The Labute approximate surface area is 193 Å². The SMILES string of the molecule is O=C(O)CCC(=O)NCCCOCCOCCOCCOCCOCCN1C(=O)C=CC1=O. The fourth-order valence-corrected chi connectivity index (χ4v) is 2.50. The molecule has 1 rings (SSSR count). The second-order valence-corrected chi connectivity index (χ2v) is 6.82. The van der Waals surface area contributed by atoms with Crippen LogP contribution in [-0.4, -0.2) is 113 Å². The van der Waals surface area contributed by atoms with Gasteiger partial charge < -0.3 is 34.1 Å². The van der Waals surface area contributed by atoms with Crippen LogP contribution in [0.15, 0.2) is 12.2 Å². The summed E-state index contributed by atoms with van der Waals surface area (Å²) >= 11 is 0. The van der Waals surface area contributed by atoms with Crippen LogP contribution >= 0.6 is 0 Å². The number of rotatable bonds is 22. The van der Waals surface area contributed by atoms with E-state index in [9.17, 15) is 19.2 Å². The van der Waals surface area contributed by atoms with Crippen LogP contribution in [-0.2, 0) is 42.9 Å². The maximum atomic E-state index is 11.3. The molecule has 0 unspecified atom stereocenters.